The summed E-state index contributed by atoms with van der Waals surface area (Å²) in [5.74, 6) is 3.04. The SMILES string of the molecule is COc1cc2c(cc1OC)CN(C(=NCC(=O)N(C)C)NCC1CCCCC1)CC2. The first-order valence-electron chi connectivity index (χ1n) is 11.0. The Morgan fingerprint density at radius 3 is 2.43 bits per heavy atom. The van der Waals surface area contributed by atoms with E-state index in [-0.39, 0.29) is 12.5 Å². The Kier molecular flexibility index (Phi) is 7.82. The smallest absolute Gasteiger partial charge is 0.243 e. The number of fused-ring (bicyclic) bond motifs is 1. The normalized spacial score (nSPS) is 17.3. The summed E-state index contributed by atoms with van der Waals surface area (Å²) < 4.78 is 10.9. The van der Waals surface area contributed by atoms with Crippen LogP contribution in [-0.4, -0.2) is 69.6 Å². The molecule has 1 N–H and O–H groups in total. The summed E-state index contributed by atoms with van der Waals surface area (Å²) in [6.45, 7) is 2.68. The largest absolute Gasteiger partial charge is 0.493 e. The van der Waals surface area contributed by atoms with Crippen LogP contribution < -0.4 is 14.8 Å². The average molecular weight is 417 g/mol. The fourth-order valence-corrected chi connectivity index (χ4v) is 4.24. The van der Waals surface area contributed by atoms with Gasteiger partial charge in [0.05, 0.1) is 14.2 Å². The van der Waals surface area contributed by atoms with Crippen LogP contribution in [0.25, 0.3) is 0 Å². The zero-order valence-corrected chi connectivity index (χ0v) is 18.9. The maximum absolute atomic E-state index is 12.1. The molecule has 0 bridgehead atoms. The van der Waals surface area contributed by atoms with E-state index in [4.69, 9.17) is 9.47 Å². The lowest BCUT2D eigenvalue weighted by atomic mass is 9.89. The number of likely N-dealkylation sites (N-methyl/N-ethyl adjacent to an activating group) is 1. The van der Waals surface area contributed by atoms with Crippen LogP contribution >= 0.6 is 0 Å². The van der Waals surface area contributed by atoms with Gasteiger partial charge in [0.2, 0.25) is 5.91 Å². The van der Waals surface area contributed by atoms with Crippen molar-refractivity contribution in [1.82, 2.24) is 15.1 Å². The third-order valence-electron chi connectivity index (χ3n) is 6.15. The van der Waals surface area contributed by atoms with Gasteiger partial charge < -0.3 is 24.6 Å². The van der Waals surface area contributed by atoms with Gasteiger partial charge in [-0.1, -0.05) is 19.3 Å². The molecule has 7 heteroatoms. The lowest BCUT2D eigenvalue weighted by Gasteiger charge is -2.33. The topological polar surface area (TPSA) is 66.4 Å². The minimum absolute atomic E-state index is 0.00998. The Morgan fingerprint density at radius 1 is 1.13 bits per heavy atom. The van der Waals surface area contributed by atoms with Crippen LogP contribution in [0.3, 0.4) is 0 Å². The number of nitrogens with one attached hydrogen (secondary N) is 1. The maximum atomic E-state index is 12.1. The van der Waals surface area contributed by atoms with Gasteiger partial charge in [-0.05, 0) is 48.4 Å². The monoisotopic (exact) mass is 416 g/mol. The summed E-state index contributed by atoms with van der Waals surface area (Å²) in [6, 6.07) is 4.14. The van der Waals surface area contributed by atoms with E-state index in [0.717, 1.165) is 43.5 Å². The molecule has 0 unspecified atom stereocenters. The third kappa shape index (κ3) is 5.58. The van der Waals surface area contributed by atoms with Crippen LogP contribution in [0.15, 0.2) is 17.1 Å². The molecular formula is C23H36N4O3. The van der Waals surface area contributed by atoms with E-state index >= 15 is 0 Å². The van der Waals surface area contributed by atoms with E-state index in [1.165, 1.54) is 43.2 Å². The molecule has 0 spiro atoms. The second-order valence-electron chi connectivity index (χ2n) is 8.46. The lowest BCUT2D eigenvalue weighted by Crippen LogP contribution is -2.46. The van der Waals surface area contributed by atoms with Gasteiger partial charge in [-0.3, -0.25) is 4.79 Å². The Morgan fingerprint density at radius 2 is 1.80 bits per heavy atom. The summed E-state index contributed by atoms with van der Waals surface area (Å²) in [5, 5.41) is 3.58. The van der Waals surface area contributed by atoms with Crippen molar-refractivity contribution in [2.24, 2.45) is 10.9 Å². The summed E-state index contributed by atoms with van der Waals surface area (Å²) >= 11 is 0. The summed E-state index contributed by atoms with van der Waals surface area (Å²) in [5.41, 5.74) is 2.49. The van der Waals surface area contributed by atoms with Gasteiger partial charge in [-0.2, -0.15) is 0 Å². The first-order chi connectivity index (χ1) is 14.5. The molecule has 30 heavy (non-hydrogen) atoms. The zero-order valence-electron chi connectivity index (χ0n) is 18.9. The van der Waals surface area contributed by atoms with Gasteiger partial charge in [0.15, 0.2) is 17.5 Å². The fourth-order valence-electron chi connectivity index (χ4n) is 4.24. The van der Waals surface area contributed by atoms with Gasteiger partial charge in [0, 0.05) is 33.7 Å². The molecule has 1 aromatic carbocycles. The molecule has 1 saturated carbocycles. The minimum atomic E-state index is 0.00998. The Bertz CT molecular complexity index is 757. The van der Waals surface area contributed by atoms with E-state index in [1.807, 2.05) is 0 Å². The van der Waals surface area contributed by atoms with Crippen molar-refractivity contribution in [2.45, 2.75) is 45.1 Å². The van der Waals surface area contributed by atoms with Gasteiger partial charge >= 0.3 is 0 Å². The Labute approximate surface area is 180 Å². The van der Waals surface area contributed by atoms with Gasteiger partial charge in [-0.15, -0.1) is 0 Å². The molecule has 7 nitrogen and oxygen atoms in total. The first kappa shape index (κ1) is 22.2. The highest BCUT2D eigenvalue weighted by Crippen LogP contribution is 2.33. The number of amides is 1. The lowest BCUT2D eigenvalue weighted by molar-refractivity contribution is -0.127. The predicted octanol–water partition coefficient (Wildman–Crippen LogP) is 2.68. The minimum Gasteiger partial charge on any atom is -0.493 e. The number of aliphatic imine (C=N–C) groups is 1. The number of nitrogens with zero attached hydrogens (tertiary/aromatic N) is 3. The molecule has 1 heterocycles. The number of carbonyl (C=O) groups is 1. The van der Waals surface area contributed by atoms with Crippen LogP contribution in [0.4, 0.5) is 0 Å². The van der Waals surface area contributed by atoms with Crippen molar-refractivity contribution in [3.63, 3.8) is 0 Å². The number of guanidine groups is 1. The molecule has 0 aromatic heterocycles. The molecule has 0 radical (unpaired) electrons. The molecule has 1 aliphatic heterocycles. The van der Waals surface area contributed by atoms with E-state index < -0.39 is 0 Å². The quantitative estimate of drug-likeness (QED) is 0.571. The number of rotatable bonds is 6. The Balaban J connectivity index is 1.75. The van der Waals surface area contributed by atoms with Crippen LogP contribution in [0.2, 0.25) is 0 Å². The molecular weight excluding hydrogens is 380 g/mol. The second-order valence-corrected chi connectivity index (χ2v) is 8.46. The maximum Gasteiger partial charge on any atom is 0.243 e. The fraction of sp³-hybridized carbons (Fsp3) is 0.652. The van der Waals surface area contributed by atoms with Crippen molar-refractivity contribution in [2.75, 3.05) is 47.9 Å². The molecule has 1 amide bonds. The van der Waals surface area contributed by atoms with Gasteiger partial charge in [0.25, 0.3) is 0 Å². The second kappa shape index (κ2) is 10.5. The number of carbonyl (C=O) groups excluding carboxylic acids is 1. The third-order valence-corrected chi connectivity index (χ3v) is 6.15. The zero-order chi connectivity index (χ0) is 21.5. The summed E-state index contributed by atoms with van der Waals surface area (Å²) in [6.07, 6.45) is 7.44. The van der Waals surface area contributed by atoms with Crippen molar-refractivity contribution >= 4 is 11.9 Å². The molecule has 0 atom stereocenters. The van der Waals surface area contributed by atoms with Crippen molar-refractivity contribution in [3.8, 4) is 11.5 Å². The Hall–Kier alpha value is -2.44. The van der Waals surface area contributed by atoms with Crippen molar-refractivity contribution < 1.29 is 14.3 Å². The summed E-state index contributed by atoms with van der Waals surface area (Å²) in [4.78, 5) is 20.7. The van der Waals surface area contributed by atoms with E-state index in [1.54, 1.807) is 33.2 Å². The van der Waals surface area contributed by atoms with Crippen LogP contribution in [-0.2, 0) is 17.8 Å². The molecule has 166 valence electrons. The highest BCUT2D eigenvalue weighted by atomic mass is 16.5. The number of hydrogen-bond acceptors (Lipinski definition) is 4. The molecule has 0 saturated heterocycles. The standard InChI is InChI=1S/C23H36N4O3/c1-26(2)22(28)15-25-23(24-14-17-8-6-5-7-9-17)27-11-10-18-12-20(29-3)21(30-4)13-19(18)16-27/h12-13,17H,5-11,14-16H2,1-4H3,(H,24,25). The van der Waals surface area contributed by atoms with E-state index in [2.05, 4.69) is 27.3 Å². The molecule has 1 fully saturated rings. The highest BCUT2D eigenvalue weighted by molar-refractivity contribution is 5.85. The van der Waals surface area contributed by atoms with Gasteiger partial charge in [0.1, 0.15) is 6.54 Å². The molecule has 3 rings (SSSR count). The molecule has 1 aromatic rings. The number of ether oxygens (including phenoxy) is 2. The van der Waals surface area contributed by atoms with Crippen molar-refractivity contribution in [1.29, 1.82) is 0 Å². The molecule has 2 aliphatic rings. The van der Waals surface area contributed by atoms with E-state index in [9.17, 15) is 4.79 Å². The first-order valence-corrected chi connectivity index (χ1v) is 11.0. The summed E-state index contributed by atoms with van der Waals surface area (Å²) in [7, 11) is 6.87. The molecule has 1 aliphatic carbocycles. The van der Waals surface area contributed by atoms with Crippen LogP contribution in [0.5, 0.6) is 11.5 Å². The highest BCUT2D eigenvalue weighted by Gasteiger charge is 2.23. The van der Waals surface area contributed by atoms with E-state index in [0.29, 0.717) is 5.92 Å². The predicted molar refractivity (Wildman–Crippen MR) is 119 cm³/mol. The van der Waals surface area contributed by atoms with Crippen molar-refractivity contribution in [3.05, 3.63) is 23.3 Å². The number of hydrogen-bond donors (Lipinski definition) is 1. The van der Waals surface area contributed by atoms with Gasteiger partial charge in [-0.25, -0.2) is 4.99 Å². The number of benzene rings is 1. The van der Waals surface area contributed by atoms with Crippen LogP contribution in [0, 0.1) is 5.92 Å². The number of methoxy groups -OCH3 is 2. The van der Waals surface area contributed by atoms with Crippen LogP contribution in [0.1, 0.15) is 43.2 Å². The average Bonchev–Trinajstić information content (AvgIpc) is 2.78.